The maximum Gasteiger partial charge on any atom is 0.240 e. The van der Waals surface area contributed by atoms with Crippen molar-refractivity contribution in [2.24, 2.45) is 0 Å². The first-order chi connectivity index (χ1) is 10.3. The molecule has 0 saturated carbocycles. The fourth-order valence-corrected chi connectivity index (χ4v) is 2.62. The van der Waals surface area contributed by atoms with E-state index in [-0.39, 0.29) is 0 Å². The molecule has 6 heteroatoms. The van der Waals surface area contributed by atoms with Crippen LogP contribution in [0.1, 0.15) is 18.4 Å². The third kappa shape index (κ3) is 3.92. The Labute approximate surface area is 129 Å². The van der Waals surface area contributed by atoms with Crippen molar-refractivity contribution < 1.29 is 17.6 Å². The van der Waals surface area contributed by atoms with Crippen LogP contribution in [-0.2, 0) is 14.8 Å². The van der Waals surface area contributed by atoms with Crippen molar-refractivity contribution in [3.05, 3.63) is 59.9 Å². The molecule has 1 atom stereocenters. The molecule has 1 amide bonds. The molecule has 0 heterocycles. The summed E-state index contributed by atoms with van der Waals surface area (Å²) in [5, 5.41) is 0. The highest BCUT2D eigenvalue weighted by Crippen LogP contribution is 2.26. The van der Waals surface area contributed by atoms with Gasteiger partial charge in [0, 0.05) is 5.56 Å². The van der Waals surface area contributed by atoms with Crippen molar-refractivity contribution in [1.82, 2.24) is 4.72 Å². The molecule has 116 valence electrons. The van der Waals surface area contributed by atoms with Gasteiger partial charge in [-0.25, -0.2) is 12.8 Å². The van der Waals surface area contributed by atoms with E-state index in [0.717, 1.165) is 11.8 Å². The summed E-state index contributed by atoms with van der Waals surface area (Å²) in [6, 6.07) is 13.5. The Hall–Kier alpha value is -2.21. The largest absolute Gasteiger partial charge is 0.273 e. The summed E-state index contributed by atoms with van der Waals surface area (Å²) in [5.74, 6) is -1.91. The lowest BCUT2D eigenvalue weighted by molar-refractivity contribution is -0.120. The van der Waals surface area contributed by atoms with Crippen molar-refractivity contribution in [1.29, 1.82) is 0 Å². The number of carbonyl (C=O) groups is 1. The Bertz CT molecular complexity index is 788. The van der Waals surface area contributed by atoms with Gasteiger partial charge < -0.3 is 0 Å². The molecule has 0 spiro atoms. The van der Waals surface area contributed by atoms with E-state index in [2.05, 4.69) is 0 Å². The predicted molar refractivity (Wildman–Crippen MR) is 83.2 cm³/mol. The highest BCUT2D eigenvalue weighted by atomic mass is 32.2. The fourth-order valence-electron chi connectivity index (χ4n) is 2.08. The summed E-state index contributed by atoms with van der Waals surface area (Å²) in [6.07, 6.45) is 0.900. The fraction of sp³-hybridized carbons (Fsp3) is 0.188. The van der Waals surface area contributed by atoms with Gasteiger partial charge in [0.2, 0.25) is 15.9 Å². The van der Waals surface area contributed by atoms with E-state index >= 15 is 0 Å². The lowest BCUT2D eigenvalue weighted by Crippen LogP contribution is -2.32. The summed E-state index contributed by atoms with van der Waals surface area (Å²) >= 11 is 0. The topological polar surface area (TPSA) is 63.2 Å². The van der Waals surface area contributed by atoms with E-state index in [1.54, 1.807) is 24.3 Å². The van der Waals surface area contributed by atoms with Crippen molar-refractivity contribution >= 4 is 15.9 Å². The number of carbonyl (C=O) groups excluding carboxylic acids is 1. The molecule has 0 saturated heterocycles. The van der Waals surface area contributed by atoms with Crippen molar-refractivity contribution in [3.63, 3.8) is 0 Å². The first-order valence-electron chi connectivity index (χ1n) is 6.64. The van der Waals surface area contributed by atoms with E-state index in [1.807, 2.05) is 22.9 Å². The summed E-state index contributed by atoms with van der Waals surface area (Å²) in [4.78, 5) is 11.8. The van der Waals surface area contributed by atoms with Gasteiger partial charge in [0.25, 0.3) is 0 Å². The highest BCUT2D eigenvalue weighted by molar-refractivity contribution is 7.89. The molecule has 0 aromatic heterocycles. The Morgan fingerprint density at radius 2 is 1.77 bits per heavy atom. The number of hydrogen-bond acceptors (Lipinski definition) is 3. The van der Waals surface area contributed by atoms with Gasteiger partial charge in [-0.2, -0.15) is 0 Å². The zero-order valence-electron chi connectivity index (χ0n) is 12.2. The van der Waals surface area contributed by atoms with Crippen molar-refractivity contribution in [2.45, 2.75) is 12.8 Å². The third-order valence-corrected chi connectivity index (χ3v) is 3.83. The van der Waals surface area contributed by atoms with Gasteiger partial charge >= 0.3 is 0 Å². The van der Waals surface area contributed by atoms with Gasteiger partial charge in [0.05, 0.1) is 12.2 Å². The Morgan fingerprint density at radius 1 is 1.14 bits per heavy atom. The molecule has 1 N–H and O–H groups in total. The van der Waals surface area contributed by atoms with Crippen LogP contribution in [0.4, 0.5) is 4.39 Å². The number of benzene rings is 2. The molecule has 2 aromatic carbocycles. The van der Waals surface area contributed by atoms with Crippen LogP contribution in [0.15, 0.2) is 48.5 Å². The lowest BCUT2D eigenvalue weighted by atomic mass is 9.96. The number of hydrogen-bond donors (Lipinski definition) is 1. The van der Waals surface area contributed by atoms with Gasteiger partial charge in [-0.15, -0.1) is 0 Å². The van der Waals surface area contributed by atoms with E-state index < -0.39 is 27.7 Å². The van der Waals surface area contributed by atoms with Gasteiger partial charge in [0.15, 0.2) is 0 Å². The molecule has 2 rings (SSSR count). The molecule has 0 fully saturated rings. The predicted octanol–water partition coefficient (Wildman–Crippen LogP) is 2.67. The molecule has 0 aliphatic rings. The van der Waals surface area contributed by atoms with Crippen LogP contribution in [0.3, 0.4) is 0 Å². The zero-order valence-corrected chi connectivity index (χ0v) is 13.0. The molecule has 0 aliphatic carbocycles. The quantitative estimate of drug-likeness (QED) is 0.941. The van der Waals surface area contributed by atoms with Crippen LogP contribution in [0.5, 0.6) is 0 Å². The average Bonchev–Trinajstić information content (AvgIpc) is 2.45. The smallest absolute Gasteiger partial charge is 0.240 e. The molecular formula is C16H16FNO3S. The number of amides is 1. The third-order valence-electron chi connectivity index (χ3n) is 3.26. The first-order valence-corrected chi connectivity index (χ1v) is 8.53. The number of halogens is 1. The number of nitrogens with one attached hydrogen (secondary N) is 1. The molecule has 0 radical (unpaired) electrons. The van der Waals surface area contributed by atoms with Gasteiger partial charge in [-0.1, -0.05) is 42.5 Å². The van der Waals surface area contributed by atoms with E-state index in [1.165, 1.54) is 13.0 Å². The molecular weight excluding hydrogens is 305 g/mol. The Kier molecular flexibility index (Phi) is 4.61. The zero-order chi connectivity index (χ0) is 16.3. The van der Waals surface area contributed by atoms with Crippen LogP contribution >= 0.6 is 0 Å². The standard InChI is InChI=1S/C16H16FNO3S/c1-11(16(19)18-22(2,20)21)13-8-9-14(15(17)10-13)12-6-4-3-5-7-12/h3-11H,1-2H3,(H,18,19). The average molecular weight is 321 g/mol. The molecule has 1 unspecified atom stereocenters. The highest BCUT2D eigenvalue weighted by Gasteiger charge is 2.19. The number of sulfonamides is 1. The van der Waals surface area contributed by atoms with Crippen LogP contribution in [0, 0.1) is 5.82 Å². The Morgan fingerprint density at radius 3 is 2.32 bits per heavy atom. The molecule has 0 bridgehead atoms. The van der Waals surface area contributed by atoms with E-state index in [0.29, 0.717) is 11.1 Å². The van der Waals surface area contributed by atoms with Crippen LogP contribution in [0.25, 0.3) is 11.1 Å². The normalized spacial score (nSPS) is 12.7. The minimum absolute atomic E-state index is 0.415. The molecule has 22 heavy (non-hydrogen) atoms. The lowest BCUT2D eigenvalue weighted by Gasteiger charge is -2.13. The van der Waals surface area contributed by atoms with Gasteiger partial charge in [-0.3, -0.25) is 9.52 Å². The minimum Gasteiger partial charge on any atom is -0.273 e. The minimum atomic E-state index is -3.63. The summed E-state index contributed by atoms with van der Waals surface area (Å²) < 4.78 is 38.3. The second kappa shape index (κ2) is 6.27. The van der Waals surface area contributed by atoms with Crippen LogP contribution in [-0.4, -0.2) is 20.6 Å². The van der Waals surface area contributed by atoms with Crippen molar-refractivity contribution in [3.8, 4) is 11.1 Å². The second-order valence-electron chi connectivity index (χ2n) is 5.07. The Balaban J connectivity index is 2.28. The van der Waals surface area contributed by atoms with E-state index in [4.69, 9.17) is 0 Å². The first kappa shape index (κ1) is 16.2. The molecule has 4 nitrogen and oxygen atoms in total. The summed E-state index contributed by atoms with van der Waals surface area (Å²) in [5.41, 5.74) is 1.58. The summed E-state index contributed by atoms with van der Waals surface area (Å²) in [6.45, 7) is 1.53. The maximum absolute atomic E-state index is 14.2. The second-order valence-corrected chi connectivity index (χ2v) is 6.81. The monoisotopic (exact) mass is 321 g/mol. The number of rotatable bonds is 4. The SMILES string of the molecule is CC(C(=O)NS(C)(=O)=O)c1ccc(-c2ccccc2)c(F)c1. The van der Waals surface area contributed by atoms with Crippen LogP contribution < -0.4 is 4.72 Å². The van der Waals surface area contributed by atoms with Crippen LogP contribution in [0.2, 0.25) is 0 Å². The summed E-state index contributed by atoms with van der Waals surface area (Å²) in [7, 11) is -3.63. The van der Waals surface area contributed by atoms with Gasteiger partial charge in [-0.05, 0) is 24.1 Å². The molecule has 2 aromatic rings. The van der Waals surface area contributed by atoms with Gasteiger partial charge in [0.1, 0.15) is 5.82 Å². The molecule has 0 aliphatic heterocycles. The van der Waals surface area contributed by atoms with E-state index in [9.17, 15) is 17.6 Å². The maximum atomic E-state index is 14.2. The van der Waals surface area contributed by atoms with Crippen molar-refractivity contribution in [2.75, 3.05) is 6.26 Å².